The predicted octanol–water partition coefficient (Wildman–Crippen LogP) is 18.8. The zero-order chi connectivity index (χ0) is 65.9. The number of pyridine rings is 1. The van der Waals surface area contributed by atoms with Crippen LogP contribution in [0.3, 0.4) is 0 Å². The normalized spacial score (nSPS) is 15.8. The zero-order valence-electron chi connectivity index (χ0n) is 59.5. The van der Waals surface area contributed by atoms with E-state index < -0.39 is 90.5 Å². The molecular formula is C70H68N3OPt-. The molecule has 0 bridgehead atoms. The third-order valence-corrected chi connectivity index (χ3v) is 13.4. The predicted molar refractivity (Wildman–Crippen MR) is 312 cm³/mol. The number of fused-ring (bicyclic) bond motifs is 1. The minimum absolute atomic E-state index is 0. The third-order valence-electron chi connectivity index (χ3n) is 13.4. The Hall–Kier alpha value is -7.13. The van der Waals surface area contributed by atoms with Gasteiger partial charge in [0.15, 0.2) is 0 Å². The maximum atomic E-state index is 12.9. The minimum Gasteiger partial charge on any atom is -0.507 e. The van der Waals surface area contributed by atoms with Gasteiger partial charge in [-0.1, -0.05) is 239 Å². The second kappa shape index (κ2) is 20.2. The van der Waals surface area contributed by atoms with E-state index in [0.717, 1.165) is 44.6 Å². The molecule has 2 aromatic heterocycles. The Balaban J connectivity index is 0.00000980. The van der Waals surface area contributed by atoms with Crippen molar-refractivity contribution in [2.75, 3.05) is 0 Å². The first-order valence-electron chi connectivity index (χ1n) is 32.7. The molecule has 0 fully saturated rings. The summed E-state index contributed by atoms with van der Waals surface area (Å²) < 4.78 is 142. The molecule has 2 heterocycles. The van der Waals surface area contributed by atoms with Crippen LogP contribution in [0, 0.1) is 6.07 Å². The second-order valence-electron chi connectivity index (χ2n) is 22.0. The number of aromatic hydroxyl groups is 1. The molecule has 10 rings (SSSR count). The molecule has 8 aromatic carbocycles. The fourth-order valence-electron chi connectivity index (χ4n) is 9.48. The van der Waals surface area contributed by atoms with Crippen LogP contribution in [-0.4, -0.2) is 19.6 Å². The van der Waals surface area contributed by atoms with E-state index in [1.165, 1.54) is 0 Å². The summed E-state index contributed by atoms with van der Waals surface area (Å²) in [5.41, 5.74) is 2.99. The zero-order valence-corrected chi connectivity index (χ0v) is 45.7. The molecule has 5 heteroatoms. The molecule has 1 N–H and O–H groups in total. The van der Waals surface area contributed by atoms with Crippen LogP contribution in [0.25, 0.3) is 95.0 Å². The summed E-state index contributed by atoms with van der Waals surface area (Å²) >= 11 is 0. The van der Waals surface area contributed by atoms with E-state index in [9.17, 15) is 9.22 Å². The number of nitrogens with zero attached hydrogens (tertiary/aromatic N) is 3. The van der Waals surface area contributed by atoms with Gasteiger partial charge in [0.05, 0.1) is 31.9 Å². The first kappa shape index (κ1) is 36.0. The van der Waals surface area contributed by atoms with Gasteiger partial charge in [-0.15, -0.1) is 23.8 Å². The first-order valence-corrected chi connectivity index (χ1v) is 24.7. The third kappa shape index (κ3) is 10.6. The number of hydrogen-bond acceptors (Lipinski definition) is 3. The topological polar surface area (TPSA) is 50.9 Å². The average Bonchev–Trinajstić information content (AvgIpc) is 1.11. The second-order valence-corrected chi connectivity index (χ2v) is 22.0. The number of phenols is 1. The van der Waals surface area contributed by atoms with Gasteiger partial charge in [0.2, 0.25) is 0 Å². The SMILES string of the molecule is [2H]c1nc(-c2[c-]c(-c3cccc4c3nc(-c3cc(C(C)(C)C)cc(C(C)(C)C)c3O)n4-c3cc(-c4ccccc4)c(C(C)(C)C)cc3-c3ccccc3)cc(-c3ccccc3)c2)c([2H])c(-c2c([2H])c([2H])c(C(C([2H])([2H])[2H])(C([2H])([2H])[2H])C([2H])([2H])[2H])c([2H])c2[2H])c1[2H].[Pt]. The standard InChI is InChI=1S/C70H68N3O.Pt/c1-67(2,3)53-33-31-46(32-34-53)49-35-36-71-61(40-49)52-38-50(45-23-16-13-17-24-45)37-51(39-52)55-29-22-30-62-64(55)72-66(58-41-54(68(4,5)6)42-60(65(58)74)70(10,11)12)73(62)63-44-56(47-25-18-14-19-26-47)59(69(7,8)9)43-57(63)48-27-20-15-21-28-48;/h13-38,40-44,74H,1-12H3;/q-1;/i1D3,2D3,3D3,31D,32D,33D,34D,35D,36D,40D;. The van der Waals surface area contributed by atoms with Crippen molar-refractivity contribution in [1.29, 1.82) is 0 Å². The van der Waals surface area contributed by atoms with E-state index in [4.69, 9.17) is 22.8 Å². The summed E-state index contributed by atoms with van der Waals surface area (Å²) in [6, 6.07) is 44.5. The Morgan fingerprint density at radius 2 is 1.09 bits per heavy atom. The number of phenolic OH excluding ortho intramolecular Hbond substituents is 1. The summed E-state index contributed by atoms with van der Waals surface area (Å²) in [7, 11) is 0. The van der Waals surface area contributed by atoms with Gasteiger partial charge in [0.25, 0.3) is 0 Å². The fourth-order valence-corrected chi connectivity index (χ4v) is 9.48. The minimum atomic E-state index is -3.94. The van der Waals surface area contributed by atoms with Crippen LogP contribution in [0.1, 0.15) is 127 Å². The molecule has 0 aliphatic heterocycles. The maximum absolute atomic E-state index is 12.9. The largest absolute Gasteiger partial charge is 0.507 e. The number of imidazole rings is 1. The van der Waals surface area contributed by atoms with Crippen LogP contribution in [0.15, 0.2) is 188 Å². The van der Waals surface area contributed by atoms with Gasteiger partial charge in [-0.2, -0.15) is 0 Å². The van der Waals surface area contributed by atoms with Gasteiger partial charge in [-0.05, 0) is 102 Å². The number of aromatic nitrogens is 3. The van der Waals surface area contributed by atoms with Crippen molar-refractivity contribution in [3.8, 4) is 89.7 Å². The quantitative estimate of drug-likeness (QED) is 0.154. The molecule has 0 radical (unpaired) electrons. The van der Waals surface area contributed by atoms with E-state index in [1.807, 2.05) is 97.1 Å². The summed E-state index contributed by atoms with van der Waals surface area (Å²) in [5, 5.41) is 12.9. The van der Waals surface area contributed by atoms with Crippen LogP contribution in [0.4, 0.5) is 0 Å². The van der Waals surface area contributed by atoms with Crippen molar-refractivity contribution in [2.24, 2.45) is 0 Å². The number of benzene rings is 8. The molecule has 4 nitrogen and oxygen atoms in total. The molecule has 0 amide bonds. The van der Waals surface area contributed by atoms with Crippen molar-refractivity contribution in [2.45, 2.75) is 105 Å². The van der Waals surface area contributed by atoms with Crippen molar-refractivity contribution in [3.05, 3.63) is 216 Å². The van der Waals surface area contributed by atoms with Crippen LogP contribution in [0.2, 0.25) is 0 Å². The molecule has 0 aliphatic carbocycles. The van der Waals surface area contributed by atoms with E-state index in [0.29, 0.717) is 44.7 Å². The number of para-hydroxylation sites is 1. The monoisotopic (exact) mass is 1180 g/mol. The van der Waals surface area contributed by atoms with Gasteiger partial charge in [-0.3, -0.25) is 9.55 Å². The van der Waals surface area contributed by atoms with Crippen LogP contribution in [0.5, 0.6) is 5.75 Å². The number of rotatable bonds is 8. The summed E-state index contributed by atoms with van der Waals surface area (Å²) in [6.45, 7) is 7.30. The summed E-state index contributed by atoms with van der Waals surface area (Å²) in [6.07, 6.45) is -0.766. The Morgan fingerprint density at radius 3 is 1.69 bits per heavy atom. The van der Waals surface area contributed by atoms with Crippen LogP contribution < -0.4 is 0 Å². The molecule has 75 heavy (non-hydrogen) atoms. The molecule has 10 aromatic rings. The average molecular weight is 1180 g/mol. The molecule has 0 spiro atoms. The van der Waals surface area contributed by atoms with Crippen molar-refractivity contribution in [3.63, 3.8) is 0 Å². The number of hydrogen-bond donors (Lipinski definition) is 1. The summed E-state index contributed by atoms with van der Waals surface area (Å²) in [5.74, 6) is 0.482. The van der Waals surface area contributed by atoms with Crippen molar-refractivity contribution >= 4 is 11.0 Å². The Bertz CT molecular complexity index is 4400. The summed E-state index contributed by atoms with van der Waals surface area (Å²) in [4.78, 5) is 10.1. The first-order chi connectivity index (χ1) is 41.8. The molecule has 0 saturated heterocycles. The van der Waals surface area contributed by atoms with E-state index in [1.54, 1.807) is 6.07 Å². The Kier molecular flexibility index (Phi) is 9.68. The van der Waals surface area contributed by atoms with Gasteiger partial charge in [-0.25, -0.2) is 4.98 Å². The van der Waals surface area contributed by atoms with Gasteiger partial charge < -0.3 is 5.11 Å². The smallest absolute Gasteiger partial charge is 0.148 e. The van der Waals surface area contributed by atoms with Gasteiger partial charge >= 0.3 is 0 Å². The van der Waals surface area contributed by atoms with Crippen LogP contribution >= 0.6 is 0 Å². The molecule has 0 saturated carbocycles. The van der Waals surface area contributed by atoms with E-state index >= 15 is 0 Å². The molecule has 0 atom stereocenters. The fraction of sp³-hybridized carbons (Fsp3) is 0.229. The molecular weight excluding hydrogens is 1090 g/mol. The van der Waals surface area contributed by atoms with Gasteiger partial charge in [0, 0.05) is 56.4 Å². The van der Waals surface area contributed by atoms with Crippen molar-refractivity contribution < 1.29 is 48.1 Å². The van der Waals surface area contributed by atoms with Crippen LogP contribution in [-0.2, 0) is 42.7 Å². The maximum Gasteiger partial charge on any atom is 0.148 e. The van der Waals surface area contributed by atoms with E-state index in [-0.39, 0.29) is 48.9 Å². The Labute approximate surface area is 482 Å². The molecule has 0 aliphatic rings. The van der Waals surface area contributed by atoms with Gasteiger partial charge in [0.1, 0.15) is 11.6 Å². The Morgan fingerprint density at radius 1 is 0.493 bits per heavy atom. The van der Waals surface area contributed by atoms with Crippen molar-refractivity contribution in [1.82, 2.24) is 14.5 Å². The molecule has 380 valence electrons. The molecule has 0 unspecified atom stereocenters. The van der Waals surface area contributed by atoms with E-state index in [2.05, 4.69) is 120 Å².